The Balaban J connectivity index is 2.53. The number of nitrogens with one attached hydrogen (secondary N) is 1. The first kappa shape index (κ1) is 13.4. The second kappa shape index (κ2) is 6.20. The zero-order valence-corrected chi connectivity index (χ0v) is 10.6. The highest BCUT2D eigenvalue weighted by Crippen LogP contribution is 2.06. The minimum absolute atomic E-state index is 0.0420. The van der Waals surface area contributed by atoms with Crippen molar-refractivity contribution in [1.29, 1.82) is 0 Å². The summed E-state index contributed by atoms with van der Waals surface area (Å²) in [5.74, 6) is 0.723. The van der Waals surface area contributed by atoms with E-state index in [2.05, 4.69) is 10.3 Å². The van der Waals surface area contributed by atoms with Crippen LogP contribution < -0.4 is 11.1 Å². The van der Waals surface area contributed by atoms with Crippen LogP contribution in [0.2, 0.25) is 0 Å². The first-order valence-electron chi connectivity index (χ1n) is 5.68. The minimum Gasteiger partial charge on any atom is -0.370 e. The third-order valence-electron chi connectivity index (χ3n) is 2.32. The van der Waals surface area contributed by atoms with Crippen molar-refractivity contribution >= 4 is 11.7 Å². The van der Waals surface area contributed by atoms with E-state index in [0.29, 0.717) is 5.56 Å². The van der Waals surface area contributed by atoms with Crippen molar-refractivity contribution in [2.45, 2.75) is 19.4 Å². The van der Waals surface area contributed by atoms with E-state index < -0.39 is 0 Å². The van der Waals surface area contributed by atoms with Crippen LogP contribution >= 0.6 is 0 Å². The number of aromatic nitrogens is 1. The normalized spacial score (nSPS) is 12.0. The number of hydrogen-bond donors (Lipinski definition) is 2. The molecule has 1 unspecified atom stereocenters. The van der Waals surface area contributed by atoms with E-state index >= 15 is 0 Å². The summed E-state index contributed by atoms with van der Waals surface area (Å²) >= 11 is 0. The lowest BCUT2D eigenvalue weighted by Gasteiger charge is -2.11. The summed E-state index contributed by atoms with van der Waals surface area (Å²) in [5.41, 5.74) is 6.23. The number of carbonyl (C=O) groups is 1. The lowest BCUT2D eigenvalue weighted by molar-refractivity contribution is 0.0827. The molecule has 5 nitrogen and oxygen atoms in total. The molecular weight excluding hydrogens is 216 g/mol. The Hall–Kier alpha value is -1.62. The first-order chi connectivity index (χ1) is 8.00. The Morgan fingerprint density at radius 3 is 2.71 bits per heavy atom. The van der Waals surface area contributed by atoms with E-state index in [-0.39, 0.29) is 11.9 Å². The number of rotatable bonds is 5. The van der Waals surface area contributed by atoms with Crippen LogP contribution in [-0.2, 0) is 0 Å². The van der Waals surface area contributed by atoms with Gasteiger partial charge in [-0.3, -0.25) is 4.79 Å². The number of amides is 1. The molecule has 1 aromatic rings. The predicted molar refractivity (Wildman–Crippen MR) is 69.0 cm³/mol. The van der Waals surface area contributed by atoms with Crippen LogP contribution in [0, 0.1) is 0 Å². The molecule has 0 spiro atoms. The van der Waals surface area contributed by atoms with Gasteiger partial charge in [0.05, 0.1) is 5.56 Å². The molecule has 0 saturated heterocycles. The summed E-state index contributed by atoms with van der Waals surface area (Å²) in [6.45, 7) is 2.75. The van der Waals surface area contributed by atoms with Gasteiger partial charge in [0.15, 0.2) is 0 Å². The summed E-state index contributed by atoms with van der Waals surface area (Å²) in [6.07, 6.45) is 2.47. The van der Waals surface area contributed by atoms with Crippen molar-refractivity contribution in [1.82, 2.24) is 9.88 Å². The quantitative estimate of drug-likeness (QED) is 0.798. The number of hydrogen-bond acceptors (Lipinski definition) is 4. The lowest BCUT2D eigenvalue weighted by Crippen LogP contribution is -2.22. The van der Waals surface area contributed by atoms with Gasteiger partial charge in [-0.2, -0.15) is 0 Å². The average molecular weight is 236 g/mol. The van der Waals surface area contributed by atoms with Gasteiger partial charge in [0.1, 0.15) is 5.82 Å². The first-order valence-corrected chi connectivity index (χ1v) is 5.68. The van der Waals surface area contributed by atoms with Crippen LogP contribution in [-0.4, -0.2) is 42.5 Å². The SMILES string of the molecule is CC(N)CCNc1ccc(C(=O)N(C)C)cn1. The zero-order chi connectivity index (χ0) is 12.8. The minimum atomic E-state index is -0.0420. The summed E-state index contributed by atoms with van der Waals surface area (Å²) in [5, 5.41) is 3.16. The van der Waals surface area contributed by atoms with Crippen LogP contribution in [0.3, 0.4) is 0 Å². The number of nitrogens with zero attached hydrogens (tertiary/aromatic N) is 2. The van der Waals surface area contributed by atoms with E-state index in [0.717, 1.165) is 18.8 Å². The highest BCUT2D eigenvalue weighted by Gasteiger charge is 2.07. The van der Waals surface area contributed by atoms with Crippen molar-refractivity contribution in [2.75, 3.05) is 26.0 Å². The molecule has 0 aliphatic rings. The maximum absolute atomic E-state index is 11.6. The molecule has 94 valence electrons. The van der Waals surface area contributed by atoms with Gasteiger partial charge in [-0.25, -0.2) is 4.98 Å². The van der Waals surface area contributed by atoms with Gasteiger partial charge in [0.2, 0.25) is 0 Å². The zero-order valence-electron chi connectivity index (χ0n) is 10.6. The molecule has 0 aliphatic heterocycles. The molecule has 17 heavy (non-hydrogen) atoms. The summed E-state index contributed by atoms with van der Waals surface area (Å²) in [6, 6.07) is 3.75. The Morgan fingerprint density at radius 1 is 1.53 bits per heavy atom. The number of carbonyl (C=O) groups excluding carboxylic acids is 1. The largest absolute Gasteiger partial charge is 0.370 e. The number of anilines is 1. The van der Waals surface area contributed by atoms with Gasteiger partial charge >= 0.3 is 0 Å². The molecule has 1 rings (SSSR count). The topological polar surface area (TPSA) is 71.2 Å². The maximum Gasteiger partial charge on any atom is 0.254 e. The Morgan fingerprint density at radius 2 is 2.24 bits per heavy atom. The third kappa shape index (κ3) is 4.40. The summed E-state index contributed by atoms with van der Waals surface area (Å²) < 4.78 is 0. The molecular formula is C12H20N4O. The second-order valence-corrected chi connectivity index (χ2v) is 4.32. The van der Waals surface area contributed by atoms with Crippen LogP contribution in [0.15, 0.2) is 18.3 Å². The van der Waals surface area contributed by atoms with Crippen molar-refractivity contribution in [2.24, 2.45) is 5.73 Å². The third-order valence-corrected chi connectivity index (χ3v) is 2.32. The smallest absolute Gasteiger partial charge is 0.254 e. The van der Waals surface area contributed by atoms with Gasteiger partial charge in [-0.1, -0.05) is 0 Å². The average Bonchev–Trinajstić information content (AvgIpc) is 2.28. The Kier molecular flexibility index (Phi) is 4.90. The number of nitrogens with two attached hydrogens (primary N) is 1. The fraction of sp³-hybridized carbons (Fsp3) is 0.500. The van der Waals surface area contributed by atoms with E-state index in [1.807, 2.05) is 6.92 Å². The van der Waals surface area contributed by atoms with Crippen LogP contribution in [0.1, 0.15) is 23.7 Å². The van der Waals surface area contributed by atoms with Gasteiger partial charge in [0.25, 0.3) is 5.91 Å². The molecule has 1 atom stereocenters. The molecule has 0 radical (unpaired) electrons. The molecule has 0 saturated carbocycles. The highest BCUT2D eigenvalue weighted by molar-refractivity contribution is 5.93. The summed E-state index contributed by atoms with van der Waals surface area (Å²) in [4.78, 5) is 17.3. The van der Waals surface area contributed by atoms with Gasteiger partial charge < -0.3 is 16.0 Å². The van der Waals surface area contributed by atoms with Gasteiger partial charge in [0, 0.05) is 32.9 Å². The molecule has 0 fully saturated rings. The molecule has 1 aromatic heterocycles. The monoisotopic (exact) mass is 236 g/mol. The Bertz CT molecular complexity index is 359. The standard InChI is InChI=1S/C12H20N4O/c1-9(13)6-7-14-11-5-4-10(8-15-11)12(17)16(2)3/h4-5,8-9H,6-7,13H2,1-3H3,(H,14,15). The maximum atomic E-state index is 11.6. The molecule has 3 N–H and O–H groups in total. The van der Waals surface area contributed by atoms with E-state index in [4.69, 9.17) is 5.73 Å². The van der Waals surface area contributed by atoms with Gasteiger partial charge in [-0.15, -0.1) is 0 Å². The van der Waals surface area contributed by atoms with Crippen molar-refractivity contribution in [3.05, 3.63) is 23.9 Å². The van der Waals surface area contributed by atoms with Crippen LogP contribution in [0.5, 0.6) is 0 Å². The molecule has 0 aromatic carbocycles. The van der Waals surface area contributed by atoms with Crippen LogP contribution in [0.25, 0.3) is 0 Å². The van der Waals surface area contributed by atoms with Crippen molar-refractivity contribution in [3.63, 3.8) is 0 Å². The second-order valence-electron chi connectivity index (χ2n) is 4.32. The fourth-order valence-electron chi connectivity index (χ4n) is 1.31. The van der Waals surface area contributed by atoms with E-state index in [9.17, 15) is 4.79 Å². The van der Waals surface area contributed by atoms with Gasteiger partial charge in [-0.05, 0) is 25.5 Å². The predicted octanol–water partition coefficient (Wildman–Crippen LogP) is 0.933. The highest BCUT2D eigenvalue weighted by atomic mass is 16.2. The van der Waals surface area contributed by atoms with Crippen molar-refractivity contribution in [3.8, 4) is 0 Å². The van der Waals surface area contributed by atoms with E-state index in [1.54, 1.807) is 32.4 Å². The molecule has 5 heteroatoms. The number of pyridine rings is 1. The fourth-order valence-corrected chi connectivity index (χ4v) is 1.31. The Labute approximate surface area is 102 Å². The molecule has 0 bridgehead atoms. The van der Waals surface area contributed by atoms with E-state index in [1.165, 1.54) is 4.90 Å². The lowest BCUT2D eigenvalue weighted by atomic mass is 10.2. The van der Waals surface area contributed by atoms with Crippen LogP contribution in [0.4, 0.5) is 5.82 Å². The molecule has 1 amide bonds. The molecule has 0 aliphatic carbocycles. The molecule has 1 heterocycles. The van der Waals surface area contributed by atoms with Crippen molar-refractivity contribution < 1.29 is 4.79 Å². The summed E-state index contributed by atoms with van der Waals surface area (Å²) in [7, 11) is 3.44.